The van der Waals surface area contributed by atoms with E-state index in [0.717, 1.165) is 21.2 Å². The van der Waals surface area contributed by atoms with E-state index in [1.165, 1.54) is 7.05 Å². The topological polar surface area (TPSA) is 64.9 Å². The van der Waals surface area contributed by atoms with Gasteiger partial charge in [0.15, 0.2) is 0 Å². The summed E-state index contributed by atoms with van der Waals surface area (Å²) in [4.78, 5) is 4.93. The summed E-state index contributed by atoms with van der Waals surface area (Å²) < 4.78 is 20.2. The molecule has 30 heavy (non-hydrogen) atoms. The summed E-state index contributed by atoms with van der Waals surface area (Å²) in [5.41, 5.74) is 2.11. The van der Waals surface area contributed by atoms with Crippen LogP contribution in [-0.4, -0.2) is 35.6 Å². The van der Waals surface area contributed by atoms with Crippen molar-refractivity contribution < 1.29 is 9.32 Å². The minimum atomic E-state index is -2.85. The van der Waals surface area contributed by atoms with E-state index in [1.54, 1.807) is 36.0 Å². The zero-order valence-electron chi connectivity index (χ0n) is 16.4. The standard InChI is InChI=1S/C22H22ClN3O2S2/c1-24-30(28,18-12-10-16(23)11-13-18)25-14-17(27)15-26-19-6-2-4-8-21(19)29-22-9-5-3-7-20(22)26/h2-13,17,27H,14-15H2,1H3,(H,24,25,28). The molecule has 1 heterocycles. The SMILES string of the molecule is CN=S(=O)(NCC(O)CN1c2ccccc2Sc2ccccc21)c1ccc(Cl)cc1. The van der Waals surface area contributed by atoms with Gasteiger partial charge in [-0.3, -0.25) is 0 Å². The van der Waals surface area contributed by atoms with Crippen molar-refractivity contribution in [1.82, 2.24) is 4.72 Å². The lowest BCUT2D eigenvalue weighted by molar-refractivity contribution is 0.186. The molecular formula is C22H22ClN3O2S2. The number of benzene rings is 3. The molecule has 4 rings (SSSR count). The first-order chi connectivity index (χ1) is 14.5. The van der Waals surface area contributed by atoms with E-state index >= 15 is 0 Å². The highest BCUT2D eigenvalue weighted by molar-refractivity contribution is 7.99. The van der Waals surface area contributed by atoms with Crippen molar-refractivity contribution in [2.75, 3.05) is 25.0 Å². The van der Waals surface area contributed by atoms with Crippen LogP contribution in [0.2, 0.25) is 5.02 Å². The Morgan fingerprint density at radius 2 is 1.60 bits per heavy atom. The number of nitrogens with zero attached hydrogens (tertiary/aromatic N) is 2. The van der Waals surface area contributed by atoms with Crippen LogP contribution < -0.4 is 9.62 Å². The van der Waals surface area contributed by atoms with E-state index in [9.17, 15) is 9.32 Å². The van der Waals surface area contributed by atoms with Crippen LogP contribution in [0.4, 0.5) is 11.4 Å². The summed E-state index contributed by atoms with van der Waals surface area (Å²) in [6.07, 6.45) is -0.760. The van der Waals surface area contributed by atoms with E-state index in [-0.39, 0.29) is 6.54 Å². The second kappa shape index (κ2) is 8.99. The van der Waals surface area contributed by atoms with Crippen molar-refractivity contribution in [3.63, 3.8) is 0 Å². The highest BCUT2D eigenvalue weighted by atomic mass is 35.5. The number of aliphatic hydroxyl groups excluding tert-OH is 1. The van der Waals surface area contributed by atoms with Crippen molar-refractivity contribution in [2.45, 2.75) is 20.8 Å². The molecule has 1 aliphatic heterocycles. The van der Waals surface area contributed by atoms with Gasteiger partial charge in [-0.05, 0) is 48.5 Å². The average molecular weight is 460 g/mol. The third-order valence-electron chi connectivity index (χ3n) is 4.83. The third-order valence-corrected chi connectivity index (χ3v) is 8.20. The summed E-state index contributed by atoms with van der Waals surface area (Å²) >= 11 is 7.65. The maximum absolute atomic E-state index is 13.2. The number of para-hydroxylation sites is 2. The lowest BCUT2D eigenvalue weighted by Gasteiger charge is -2.34. The second-order valence-corrected chi connectivity index (χ2v) is 10.5. The molecule has 0 aliphatic carbocycles. The minimum absolute atomic E-state index is 0.132. The molecule has 2 atom stereocenters. The Hall–Kier alpha value is -2.03. The van der Waals surface area contributed by atoms with Crippen LogP contribution >= 0.6 is 23.4 Å². The van der Waals surface area contributed by atoms with Crippen molar-refractivity contribution in [1.29, 1.82) is 0 Å². The van der Waals surface area contributed by atoms with Crippen molar-refractivity contribution in [2.24, 2.45) is 4.36 Å². The maximum Gasteiger partial charge on any atom is 0.137 e. The normalized spacial score (nSPS) is 15.6. The average Bonchev–Trinajstić information content (AvgIpc) is 2.78. The Labute approximate surface area is 186 Å². The van der Waals surface area contributed by atoms with Crippen molar-refractivity contribution in [3.8, 4) is 0 Å². The van der Waals surface area contributed by atoms with E-state index in [1.807, 2.05) is 24.3 Å². The van der Waals surface area contributed by atoms with Gasteiger partial charge in [0.2, 0.25) is 0 Å². The smallest absolute Gasteiger partial charge is 0.137 e. The quantitative estimate of drug-likeness (QED) is 0.546. The van der Waals surface area contributed by atoms with Crippen molar-refractivity contribution >= 4 is 44.7 Å². The molecule has 0 radical (unpaired) electrons. The highest BCUT2D eigenvalue weighted by Crippen LogP contribution is 2.47. The molecule has 8 heteroatoms. The molecule has 0 aromatic heterocycles. The van der Waals surface area contributed by atoms with Crippen LogP contribution in [0.15, 0.2) is 91.8 Å². The van der Waals surface area contributed by atoms with Gasteiger partial charge in [-0.15, -0.1) is 0 Å². The Balaban J connectivity index is 1.53. The number of aliphatic hydroxyl groups is 1. The van der Waals surface area contributed by atoms with Gasteiger partial charge < -0.3 is 10.0 Å². The number of fused-ring (bicyclic) bond motifs is 2. The molecule has 0 saturated heterocycles. The maximum atomic E-state index is 13.2. The fraction of sp³-hybridized carbons (Fsp3) is 0.182. The van der Waals surface area contributed by atoms with Crippen LogP contribution in [0.3, 0.4) is 0 Å². The second-order valence-electron chi connectivity index (χ2n) is 6.81. The van der Waals surface area contributed by atoms with Gasteiger partial charge in [0.05, 0.1) is 28.9 Å². The fourth-order valence-corrected chi connectivity index (χ4v) is 5.99. The number of halogens is 1. The van der Waals surface area contributed by atoms with Gasteiger partial charge in [0.1, 0.15) is 9.92 Å². The predicted molar refractivity (Wildman–Crippen MR) is 124 cm³/mol. The van der Waals surface area contributed by atoms with Crippen LogP contribution in [0.5, 0.6) is 0 Å². The zero-order chi connectivity index (χ0) is 21.1. The molecule has 156 valence electrons. The molecule has 0 spiro atoms. The van der Waals surface area contributed by atoms with Gasteiger partial charge in [-0.1, -0.05) is 47.6 Å². The number of nitrogens with one attached hydrogen (secondary N) is 1. The molecule has 5 nitrogen and oxygen atoms in total. The van der Waals surface area contributed by atoms with Crippen LogP contribution in [-0.2, 0) is 9.92 Å². The number of rotatable bonds is 6. The van der Waals surface area contributed by atoms with Gasteiger partial charge in [0, 0.05) is 28.4 Å². The first-order valence-electron chi connectivity index (χ1n) is 9.47. The molecule has 0 fully saturated rings. The molecule has 1 aliphatic rings. The summed E-state index contributed by atoms with van der Waals surface area (Å²) in [5, 5.41) is 11.4. The molecule has 3 aromatic rings. The Kier molecular flexibility index (Phi) is 6.36. The van der Waals surface area contributed by atoms with Gasteiger partial charge in [-0.2, -0.15) is 0 Å². The zero-order valence-corrected chi connectivity index (χ0v) is 18.8. The monoisotopic (exact) mass is 459 g/mol. The lowest BCUT2D eigenvalue weighted by atomic mass is 10.2. The predicted octanol–water partition coefficient (Wildman–Crippen LogP) is 4.97. The van der Waals surface area contributed by atoms with E-state index in [4.69, 9.17) is 11.6 Å². The molecule has 2 unspecified atom stereocenters. The molecule has 0 saturated carbocycles. The molecule has 2 N–H and O–H groups in total. The molecule has 3 aromatic carbocycles. The molecule has 0 amide bonds. The summed E-state index contributed by atoms with van der Waals surface area (Å²) in [6.45, 7) is 0.494. The van der Waals surface area contributed by atoms with Crippen molar-refractivity contribution in [3.05, 3.63) is 77.8 Å². The number of hydrogen-bond acceptors (Lipinski definition) is 5. The van der Waals surface area contributed by atoms with Crippen LogP contribution in [0.25, 0.3) is 0 Å². The fourth-order valence-electron chi connectivity index (χ4n) is 3.33. The largest absolute Gasteiger partial charge is 0.390 e. The third kappa shape index (κ3) is 4.36. The first-order valence-corrected chi connectivity index (χ1v) is 12.2. The summed E-state index contributed by atoms with van der Waals surface area (Å²) in [7, 11) is -1.34. The summed E-state index contributed by atoms with van der Waals surface area (Å²) in [6, 6.07) is 23.0. The van der Waals surface area contributed by atoms with Crippen LogP contribution in [0.1, 0.15) is 0 Å². The number of anilines is 2. The molecular weight excluding hydrogens is 438 g/mol. The first kappa shape index (κ1) is 21.2. The van der Waals surface area contributed by atoms with Gasteiger partial charge in [-0.25, -0.2) is 13.3 Å². The molecule has 0 bridgehead atoms. The Bertz CT molecular complexity index is 1120. The Morgan fingerprint density at radius 3 is 2.17 bits per heavy atom. The van der Waals surface area contributed by atoms with Crippen LogP contribution in [0, 0.1) is 0 Å². The minimum Gasteiger partial charge on any atom is -0.390 e. The van der Waals surface area contributed by atoms with E-state index < -0.39 is 16.0 Å². The lowest BCUT2D eigenvalue weighted by Crippen LogP contribution is -2.39. The van der Waals surface area contributed by atoms with Gasteiger partial charge in [0.25, 0.3) is 0 Å². The highest BCUT2D eigenvalue weighted by Gasteiger charge is 2.25. The Morgan fingerprint density at radius 1 is 1.03 bits per heavy atom. The van der Waals surface area contributed by atoms with E-state index in [2.05, 4.69) is 38.3 Å². The number of hydrogen-bond donors (Lipinski definition) is 2. The summed E-state index contributed by atoms with van der Waals surface area (Å²) in [5.74, 6) is 0. The van der Waals surface area contributed by atoms with Gasteiger partial charge >= 0.3 is 0 Å². The van der Waals surface area contributed by atoms with E-state index in [0.29, 0.717) is 16.5 Å². The number of β-amino-alcohol motifs (C(OH)–C–C–N with tert-alkyl or cyclic N) is 1.